The summed E-state index contributed by atoms with van der Waals surface area (Å²) in [6.07, 6.45) is 4.94. The second-order valence-corrected chi connectivity index (χ2v) is 15.7. The molecule has 4 unspecified atom stereocenters. The van der Waals surface area contributed by atoms with Crippen LogP contribution in [0.4, 0.5) is 0 Å². The van der Waals surface area contributed by atoms with Crippen molar-refractivity contribution in [3.63, 3.8) is 0 Å². The van der Waals surface area contributed by atoms with Gasteiger partial charge in [-0.1, -0.05) is 113 Å². The number of hydrogen-bond acceptors (Lipinski definition) is 3. The maximum atomic E-state index is 10.7. The molecule has 0 aliphatic rings. The van der Waals surface area contributed by atoms with E-state index in [9.17, 15) is 15.3 Å². The van der Waals surface area contributed by atoms with Crippen LogP contribution in [-0.2, 0) is 16.2 Å². The molecule has 3 N–H and O–H groups in total. The van der Waals surface area contributed by atoms with Gasteiger partial charge in [0.05, 0.1) is 6.10 Å². The minimum absolute atomic E-state index is 0.0681. The van der Waals surface area contributed by atoms with E-state index in [4.69, 9.17) is 0 Å². The van der Waals surface area contributed by atoms with E-state index in [1.54, 1.807) is 0 Å². The third-order valence-corrected chi connectivity index (χ3v) is 10.5. The summed E-state index contributed by atoms with van der Waals surface area (Å²) in [4.78, 5) is 0. The second-order valence-electron chi connectivity index (χ2n) is 15.7. The van der Waals surface area contributed by atoms with Crippen molar-refractivity contribution in [2.45, 2.75) is 144 Å². The molecule has 0 heterocycles. The summed E-state index contributed by atoms with van der Waals surface area (Å²) in [5.41, 5.74) is 6.63. The first-order chi connectivity index (χ1) is 19.3. The van der Waals surface area contributed by atoms with Gasteiger partial charge in [-0.25, -0.2) is 0 Å². The van der Waals surface area contributed by atoms with Crippen LogP contribution in [0.15, 0.2) is 30.3 Å². The number of aromatic hydroxyl groups is 1. The Morgan fingerprint density at radius 1 is 0.738 bits per heavy atom. The number of benzene rings is 2. The number of phenols is 1. The van der Waals surface area contributed by atoms with E-state index in [1.165, 1.54) is 22.3 Å². The molecule has 0 radical (unpaired) electrons. The van der Waals surface area contributed by atoms with Crippen LogP contribution in [0.3, 0.4) is 0 Å². The zero-order valence-corrected chi connectivity index (χ0v) is 29.4. The van der Waals surface area contributed by atoms with Gasteiger partial charge in [-0.3, -0.25) is 0 Å². The fourth-order valence-corrected chi connectivity index (χ4v) is 6.71. The second kappa shape index (κ2) is 14.3. The van der Waals surface area contributed by atoms with Crippen LogP contribution in [-0.4, -0.2) is 28.0 Å². The van der Waals surface area contributed by atoms with Crippen LogP contribution in [0, 0.1) is 37.5 Å². The van der Waals surface area contributed by atoms with E-state index >= 15 is 0 Å². The first-order valence-electron chi connectivity index (χ1n) is 16.6. The molecule has 0 spiro atoms. The van der Waals surface area contributed by atoms with Crippen molar-refractivity contribution >= 4 is 0 Å². The molecule has 42 heavy (non-hydrogen) atoms. The third kappa shape index (κ3) is 8.41. The van der Waals surface area contributed by atoms with Crippen molar-refractivity contribution in [2.75, 3.05) is 6.61 Å². The van der Waals surface area contributed by atoms with Gasteiger partial charge in [0, 0.05) is 12.0 Å². The van der Waals surface area contributed by atoms with Gasteiger partial charge in [-0.05, 0) is 107 Å². The zero-order chi connectivity index (χ0) is 32.2. The number of phenolic OH excluding ortho intramolecular Hbond substituents is 1. The Morgan fingerprint density at radius 3 is 1.74 bits per heavy atom. The molecule has 0 saturated heterocycles. The molecule has 0 bridgehead atoms. The highest BCUT2D eigenvalue weighted by Crippen LogP contribution is 2.44. The van der Waals surface area contributed by atoms with Crippen LogP contribution in [0.5, 0.6) is 5.75 Å². The summed E-state index contributed by atoms with van der Waals surface area (Å²) in [6.45, 7) is 29.1. The van der Waals surface area contributed by atoms with E-state index < -0.39 is 0 Å². The molecular weight excluding hydrogens is 516 g/mol. The Balaban J connectivity index is 2.73. The fraction of sp³-hybridized carbons (Fsp3) is 0.692. The topological polar surface area (TPSA) is 60.7 Å². The normalized spacial score (nSPS) is 16.0. The number of rotatable bonds is 15. The number of aliphatic hydroxyl groups excluding tert-OH is 2. The minimum Gasteiger partial charge on any atom is -0.507 e. The summed E-state index contributed by atoms with van der Waals surface area (Å²) < 4.78 is 0. The van der Waals surface area contributed by atoms with Crippen molar-refractivity contribution in [1.82, 2.24) is 0 Å². The van der Waals surface area contributed by atoms with Crippen LogP contribution < -0.4 is 0 Å². The van der Waals surface area contributed by atoms with E-state index in [0.717, 1.165) is 43.2 Å². The molecule has 4 atom stereocenters. The van der Waals surface area contributed by atoms with Crippen molar-refractivity contribution in [1.29, 1.82) is 0 Å². The minimum atomic E-state index is -0.287. The average Bonchev–Trinajstić information content (AvgIpc) is 2.93. The fourth-order valence-electron chi connectivity index (χ4n) is 6.71. The molecular formula is C39H64O3. The third-order valence-electron chi connectivity index (χ3n) is 10.5. The molecule has 0 fully saturated rings. The Kier molecular flexibility index (Phi) is 12.4. The first kappa shape index (κ1) is 36.4. The molecule has 0 aromatic heterocycles. The lowest BCUT2D eigenvalue weighted by Gasteiger charge is -2.39. The van der Waals surface area contributed by atoms with Crippen LogP contribution in [0.2, 0.25) is 0 Å². The molecule has 2 rings (SSSR count). The first-order valence-corrected chi connectivity index (χ1v) is 16.6. The van der Waals surface area contributed by atoms with Crippen LogP contribution in [0.1, 0.15) is 142 Å². The maximum Gasteiger partial charge on any atom is 0.121 e. The lowest BCUT2D eigenvalue weighted by atomic mass is 9.65. The van der Waals surface area contributed by atoms with Gasteiger partial charge in [0.1, 0.15) is 5.75 Å². The largest absolute Gasteiger partial charge is 0.507 e. The molecule has 3 nitrogen and oxygen atoms in total. The molecule has 0 aliphatic heterocycles. The van der Waals surface area contributed by atoms with Gasteiger partial charge < -0.3 is 15.3 Å². The maximum absolute atomic E-state index is 10.7. The Bertz CT molecular complexity index is 1130. The Hall–Kier alpha value is -1.84. The van der Waals surface area contributed by atoms with Crippen molar-refractivity contribution < 1.29 is 15.3 Å². The summed E-state index contributed by atoms with van der Waals surface area (Å²) in [6, 6.07) is 11.6. The Morgan fingerprint density at radius 2 is 1.24 bits per heavy atom. The highest BCUT2D eigenvalue weighted by molar-refractivity contribution is 5.50. The Labute approximate surface area is 259 Å². The van der Waals surface area contributed by atoms with Crippen molar-refractivity contribution in [3.8, 4) is 5.75 Å². The summed E-state index contributed by atoms with van der Waals surface area (Å²) in [5, 5.41) is 31.2. The number of aryl methyl sites for hydroxylation is 2. The van der Waals surface area contributed by atoms with Gasteiger partial charge in [0.15, 0.2) is 0 Å². The predicted molar refractivity (Wildman–Crippen MR) is 181 cm³/mol. The molecule has 0 saturated carbocycles. The highest BCUT2D eigenvalue weighted by Gasteiger charge is 2.36. The smallest absolute Gasteiger partial charge is 0.121 e. The standard InChI is InChI=1S/C39H64O3/c1-14-15-30(18-26(4)24-40)38(10,11)33-21-31(37(8,9)17-16-27(5)35(41)25(2)3)22-34(23-33)39(12,13)32-19-28(6)36(42)29(7)20-32/h19-23,25-27,30,35,40-42H,14-18,24H2,1-13H3. The van der Waals surface area contributed by atoms with Gasteiger partial charge in [-0.15, -0.1) is 0 Å². The molecule has 0 amide bonds. The SMILES string of the molecule is CCCC(CC(C)CO)C(C)(C)c1cc(C(C)(C)CCC(C)C(O)C(C)C)cc(C(C)(C)c2cc(C)c(O)c(C)c2)c1. The van der Waals surface area contributed by atoms with Gasteiger partial charge in [0.2, 0.25) is 0 Å². The number of aliphatic hydroxyl groups is 2. The van der Waals surface area contributed by atoms with E-state index in [2.05, 4.69) is 106 Å². The van der Waals surface area contributed by atoms with Crippen LogP contribution >= 0.6 is 0 Å². The molecule has 2 aromatic carbocycles. The predicted octanol–water partition coefficient (Wildman–Crippen LogP) is 9.76. The number of hydrogen-bond donors (Lipinski definition) is 3. The average molecular weight is 581 g/mol. The van der Waals surface area contributed by atoms with Gasteiger partial charge in [0.25, 0.3) is 0 Å². The van der Waals surface area contributed by atoms with E-state index in [0.29, 0.717) is 11.7 Å². The lowest BCUT2D eigenvalue weighted by Crippen LogP contribution is -2.33. The lowest BCUT2D eigenvalue weighted by molar-refractivity contribution is 0.0650. The molecule has 0 aliphatic carbocycles. The van der Waals surface area contributed by atoms with Crippen LogP contribution in [0.25, 0.3) is 0 Å². The molecule has 238 valence electrons. The summed E-state index contributed by atoms with van der Waals surface area (Å²) >= 11 is 0. The zero-order valence-electron chi connectivity index (χ0n) is 29.4. The summed E-state index contributed by atoms with van der Waals surface area (Å²) in [7, 11) is 0. The molecule has 2 aromatic rings. The van der Waals surface area contributed by atoms with E-state index in [-0.39, 0.29) is 46.7 Å². The van der Waals surface area contributed by atoms with Crippen molar-refractivity contribution in [2.24, 2.45) is 23.7 Å². The summed E-state index contributed by atoms with van der Waals surface area (Å²) in [5.74, 6) is 1.61. The monoisotopic (exact) mass is 580 g/mol. The highest BCUT2D eigenvalue weighted by atomic mass is 16.3. The van der Waals surface area contributed by atoms with Gasteiger partial charge >= 0.3 is 0 Å². The van der Waals surface area contributed by atoms with Gasteiger partial charge in [-0.2, -0.15) is 0 Å². The quantitative estimate of drug-likeness (QED) is 0.196. The molecule has 3 heteroatoms. The van der Waals surface area contributed by atoms with E-state index in [1.807, 2.05) is 13.8 Å². The van der Waals surface area contributed by atoms with Crippen molar-refractivity contribution in [3.05, 3.63) is 63.7 Å².